The number of halogens is 1. The lowest BCUT2D eigenvalue weighted by molar-refractivity contribution is -0.138. The first-order chi connectivity index (χ1) is 7.99. The predicted octanol–water partition coefficient (Wildman–Crippen LogP) is 1.01. The standard InChI is InChI=1S/C11H13IN2O3/c12-10(15)6-14-8-3-1-7(2-4-8)5-9(13)11(16)17/h1-4,9,14H,5-6,13H2,(H,16,17). The van der Waals surface area contributed by atoms with Gasteiger partial charge in [-0.2, -0.15) is 0 Å². The minimum absolute atomic E-state index is 0.0274. The van der Waals surface area contributed by atoms with E-state index in [0.717, 1.165) is 11.3 Å². The van der Waals surface area contributed by atoms with Gasteiger partial charge >= 0.3 is 5.97 Å². The molecule has 1 unspecified atom stereocenters. The molecule has 0 aromatic heterocycles. The summed E-state index contributed by atoms with van der Waals surface area (Å²) in [4.78, 5) is 21.3. The van der Waals surface area contributed by atoms with Crippen LogP contribution >= 0.6 is 22.6 Å². The van der Waals surface area contributed by atoms with Crippen LogP contribution in [0.1, 0.15) is 5.56 Å². The normalized spacial score (nSPS) is 11.9. The van der Waals surface area contributed by atoms with E-state index >= 15 is 0 Å². The lowest BCUT2D eigenvalue weighted by Gasteiger charge is -2.08. The summed E-state index contributed by atoms with van der Waals surface area (Å²) in [5.74, 6) is -1.01. The van der Waals surface area contributed by atoms with E-state index < -0.39 is 12.0 Å². The minimum Gasteiger partial charge on any atom is -0.480 e. The van der Waals surface area contributed by atoms with E-state index in [0.29, 0.717) is 6.42 Å². The van der Waals surface area contributed by atoms with E-state index in [9.17, 15) is 9.59 Å². The molecule has 1 atom stereocenters. The molecular weight excluding hydrogens is 335 g/mol. The first kappa shape index (κ1) is 13.9. The first-order valence-electron chi connectivity index (χ1n) is 4.98. The Balaban J connectivity index is 2.55. The summed E-state index contributed by atoms with van der Waals surface area (Å²) >= 11 is 1.72. The fourth-order valence-electron chi connectivity index (χ4n) is 1.27. The molecule has 0 radical (unpaired) electrons. The number of rotatable bonds is 6. The van der Waals surface area contributed by atoms with Gasteiger partial charge in [-0.15, -0.1) is 0 Å². The summed E-state index contributed by atoms with van der Waals surface area (Å²) in [5, 5.41) is 11.6. The van der Waals surface area contributed by atoms with E-state index in [2.05, 4.69) is 5.32 Å². The average molecular weight is 348 g/mol. The molecule has 17 heavy (non-hydrogen) atoms. The second-order valence-electron chi connectivity index (χ2n) is 3.55. The van der Waals surface area contributed by atoms with Gasteiger partial charge < -0.3 is 16.2 Å². The summed E-state index contributed by atoms with van der Waals surface area (Å²) in [5.41, 5.74) is 7.10. The number of anilines is 1. The number of carbonyl (C=O) groups is 2. The molecule has 0 heterocycles. The van der Waals surface area contributed by atoms with Gasteiger partial charge in [0.25, 0.3) is 0 Å². The molecule has 1 rings (SSSR count). The molecule has 6 heteroatoms. The summed E-state index contributed by atoms with van der Waals surface area (Å²) in [6.07, 6.45) is 0.292. The zero-order valence-corrected chi connectivity index (χ0v) is 11.2. The van der Waals surface area contributed by atoms with Crippen LogP contribution in [-0.2, 0) is 16.0 Å². The molecule has 0 fully saturated rings. The number of carboxylic acids is 1. The van der Waals surface area contributed by atoms with Crippen LogP contribution < -0.4 is 11.1 Å². The Morgan fingerprint density at radius 2 is 1.94 bits per heavy atom. The van der Waals surface area contributed by atoms with Crippen molar-refractivity contribution in [1.29, 1.82) is 0 Å². The largest absolute Gasteiger partial charge is 0.480 e. The SMILES string of the molecule is NC(Cc1ccc(NCC(=O)I)cc1)C(=O)O. The molecule has 0 aliphatic heterocycles. The van der Waals surface area contributed by atoms with Crippen molar-refractivity contribution in [3.05, 3.63) is 29.8 Å². The third-order valence-corrected chi connectivity index (χ3v) is 2.54. The fraction of sp³-hybridized carbons (Fsp3) is 0.273. The van der Waals surface area contributed by atoms with E-state index in [1.165, 1.54) is 0 Å². The van der Waals surface area contributed by atoms with Gasteiger partial charge in [0.05, 0.1) is 6.54 Å². The molecule has 5 nitrogen and oxygen atoms in total. The number of carbonyl (C=O) groups excluding carboxylic acids is 1. The fourth-order valence-corrected chi connectivity index (χ4v) is 1.46. The van der Waals surface area contributed by atoms with Gasteiger partial charge in [-0.05, 0) is 24.1 Å². The molecule has 1 aromatic rings. The molecule has 0 saturated heterocycles. The average Bonchev–Trinajstić information content (AvgIpc) is 2.28. The van der Waals surface area contributed by atoms with Gasteiger partial charge in [0.15, 0.2) is 0 Å². The third kappa shape index (κ3) is 5.14. The number of aliphatic carboxylic acids is 1. The molecule has 0 aliphatic rings. The van der Waals surface area contributed by atoms with Gasteiger partial charge in [-0.1, -0.05) is 12.1 Å². The zero-order valence-electron chi connectivity index (χ0n) is 9.02. The third-order valence-electron chi connectivity index (χ3n) is 2.16. The van der Waals surface area contributed by atoms with Crippen molar-refractivity contribution >= 4 is 38.0 Å². The van der Waals surface area contributed by atoms with Crippen LogP contribution in [0.4, 0.5) is 5.69 Å². The number of carboxylic acid groups (broad SMARTS) is 1. The number of hydrogen-bond donors (Lipinski definition) is 3. The van der Waals surface area contributed by atoms with Crippen LogP contribution in [0.25, 0.3) is 0 Å². The maximum Gasteiger partial charge on any atom is 0.320 e. The van der Waals surface area contributed by atoms with Crippen LogP contribution in [0, 0.1) is 0 Å². The van der Waals surface area contributed by atoms with Crippen LogP contribution in [0.3, 0.4) is 0 Å². The molecule has 4 N–H and O–H groups in total. The molecule has 0 bridgehead atoms. The molecule has 0 saturated carbocycles. The Kier molecular flexibility index (Phi) is 5.36. The lowest BCUT2D eigenvalue weighted by Crippen LogP contribution is -2.32. The van der Waals surface area contributed by atoms with Crippen molar-refractivity contribution in [2.75, 3.05) is 11.9 Å². The highest BCUT2D eigenvalue weighted by molar-refractivity contribution is 14.1. The Morgan fingerprint density at radius 3 is 2.41 bits per heavy atom. The van der Waals surface area contributed by atoms with Crippen molar-refractivity contribution in [2.45, 2.75) is 12.5 Å². The number of nitrogens with two attached hydrogens (primary N) is 1. The van der Waals surface area contributed by atoms with Crippen molar-refractivity contribution < 1.29 is 14.7 Å². The first-order valence-corrected chi connectivity index (χ1v) is 6.06. The predicted molar refractivity (Wildman–Crippen MR) is 73.3 cm³/mol. The van der Waals surface area contributed by atoms with Crippen LogP contribution in [-0.4, -0.2) is 27.5 Å². The summed E-state index contributed by atoms with van der Waals surface area (Å²) in [7, 11) is 0. The number of nitrogens with one attached hydrogen (secondary N) is 1. The van der Waals surface area contributed by atoms with Gasteiger partial charge in [-0.25, -0.2) is 0 Å². The maximum atomic E-state index is 10.7. The Bertz CT molecular complexity index is 406. The smallest absolute Gasteiger partial charge is 0.320 e. The second kappa shape index (κ2) is 6.55. The van der Waals surface area contributed by atoms with Gasteiger partial charge in [0.1, 0.15) is 6.04 Å². The van der Waals surface area contributed by atoms with Gasteiger partial charge in [0, 0.05) is 28.3 Å². The van der Waals surface area contributed by atoms with Gasteiger partial charge in [0.2, 0.25) is 3.79 Å². The molecule has 0 amide bonds. The van der Waals surface area contributed by atoms with E-state index in [1.54, 1.807) is 46.9 Å². The van der Waals surface area contributed by atoms with Crippen molar-refractivity contribution in [3.8, 4) is 0 Å². The minimum atomic E-state index is -1.01. The zero-order chi connectivity index (χ0) is 12.8. The highest BCUT2D eigenvalue weighted by Gasteiger charge is 2.11. The second-order valence-corrected chi connectivity index (χ2v) is 4.76. The number of benzene rings is 1. The van der Waals surface area contributed by atoms with Crippen molar-refractivity contribution in [1.82, 2.24) is 0 Å². The Morgan fingerprint density at radius 1 is 1.35 bits per heavy atom. The van der Waals surface area contributed by atoms with E-state index in [4.69, 9.17) is 10.8 Å². The molecule has 92 valence electrons. The summed E-state index contributed by atoms with van der Waals surface area (Å²) in [6.45, 7) is 0.272. The highest BCUT2D eigenvalue weighted by Crippen LogP contribution is 2.11. The lowest BCUT2D eigenvalue weighted by atomic mass is 10.1. The monoisotopic (exact) mass is 348 g/mol. The summed E-state index contributed by atoms with van der Waals surface area (Å²) < 4.78 is 0.0274. The summed E-state index contributed by atoms with van der Waals surface area (Å²) in [6, 6.07) is 6.29. The molecule has 0 aliphatic carbocycles. The van der Waals surface area contributed by atoms with Crippen LogP contribution in [0.5, 0.6) is 0 Å². The van der Waals surface area contributed by atoms with Crippen molar-refractivity contribution in [2.24, 2.45) is 5.73 Å². The van der Waals surface area contributed by atoms with Gasteiger partial charge in [-0.3, -0.25) is 9.59 Å². The van der Waals surface area contributed by atoms with E-state index in [1.807, 2.05) is 0 Å². The van der Waals surface area contributed by atoms with Crippen molar-refractivity contribution in [3.63, 3.8) is 0 Å². The van der Waals surface area contributed by atoms with Crippen LogP contribution in [0.2, 0.25) is 0 Å². The highest BCUT2D eigenvalue weighted by atomic mass is 127. The number of hydrogen-bond acceptors (Lipinski definition) is 4. The Labute approximate surface area is 113 Å². The molecule has 1 aromatic carbocycles. The maximum absolute atomic E-state index is 10.7. The van der Waals surface area contributed by atoms with E-state index in [-0.39, 0.29) is 10.3 Å². The topological polar surface area (TPSA) is 92.4 Å². The van der Waals surface area contributed by atoms with Crippen LogP contribution in [0.15, 0.2) is 24.3 Å². The Hall–Kier alpha value is -1.15. The quantitative estimate of drug-likeness (QED) is 0.527. The molecular formula is C11H13IN2O3. The molecule has 0 spiro atoms.